The number of nitrogens with zero attached hydrogens (tertiary/aromatic N) is 2. The Bertz CT molecular complexity index is 840. The van der Waals surface area contributed by atoms with E-state index in [1.54, 1.807) is 0 Å². The van der Waals surface area contributed by atoms with Crippen molar-refractivity contribution < 1.29 is 18.0 Å². The largest absolute Gasteiger partial charge is 0.417 e. The van der Waals surface area contributed by atoms with E-state index in [1.165, 1.54) is 5.38 Å². The Hall–Kier alpha value is -2.08. The van der Waals surface area contributed by atoms with E-state index in [1.807, 2.05) is 30.3 Å². The molecular formula is C19H19ClF3N3OS. The SMILES string of the molecule is Cl.N#CC1(NC(=O)c2cscc2C(F)(F)F)CCN(Cc2ccccc2)CC1. The second-order valence-corrected chi connectivity index (χ2v) is 7.35. The van der Waals surface area contributed by atoms with Crippen LogP contribution in [0, 0.1) is 11.3 Å². The van der Waals surface area contributed by atoms with Gasteiger partial charge in [0.15, 0.2) is 0 Å². The van der Waals surface area contributed by atoms with E-state index in [0.717, 1.165) is 28.8 Å². The van der Waals surface area contributed by atoms with Gasteiger partial charge in [-0.25, -0.2) is 0 Å². The van der Waals surface area contributed by atoms with Gasteiger partial charge >= 0.3 is 6.18 Å². The highest BCUT2D eigenvalue weighted by atomic mass is 35.5. The van der Waals surface area contributed by atoms with Gasteiger partial charge in [-0.05, 0) is 18.4 Å². The van der Waals surface area contributed by atoms with E-state index >= 15 is 0 Å². The quantitative estimate of drug-likeness (QED) is 0.779. The van der Waals surface area contributed by atoms with Crippen molar-refractivity contribution in [2.75, 3.05) is 13.1 Å². The molecule has 2 aromatic rings. The molecule has 1 amide bonds. The van der Waals surface area contributed by atoms with Gasteiger partial charge < -0.3 is 5.32 Å². The van der Waals surface area contributed by atoms with Gasteiger partial charge in [0.25, 0.3) is 5.91 Å². The first kappa shape index (κ1) is 22.2. The molecule has 0 spiro atoms. The smallest absolute Gasteiger partial charge is 0.334 e. The lowest BCUT2D eigenvalue weighted by atomic mass is 9.88. The van der Waals surface area contributed by atoms with E-state index in [9.17, 15) is 23.2 Å². The number of amides is 1. The van der Waals surface area contributed by atoms with Gasteiger partial charge in [-0.2, -0.15) is 29.8 Å². The van der Waals surface area contributed by atoms with Gasteiger partial charge in [0.2, 0.25) is 0 Å². The van der Waals surface area contributed by atoms with Crippen molar-refractivity contribution in [3.05, 3.63) is 57.8 Å². The lowest BCUT2D eigenvalue weighted by Gasteiger charge is -2.37. The number of hydrogen-bond donors (Lipinski definition) is 1. The standard InChI is InChI=1S/C19H18F3N3OS.ClH/c20-19(21,22)16-12-27-11-15(16)17(26)24-18(13-23)6-8-25(9-7-18)10-14-4-2-1-3-5-14;/h1-5,11-12H,6-10H2,(H,24,26);1H. The van der Waals surface area contributed by atoms with Gasteiger partial charge in [0.05, 0.1) is 17.2 Å². The zero-order valence-corrected chi connectivity index (χ0v) is 16.5. The molecule has 1 fully saturated rings. The van der Waals surface area contributed by atoms with Crippen LogP contribution in [0.4, 0.5) is 13.2 Å². The van der Waals surface area contributed by atoms with Crippen LogP contribution in [0.15, 0.2) is 41.1 Å². The van der Waals surface area contributed by atoms with Gasteiger partial charge in [-0.3, -0.25) is 9.69 Å². The number of carbonyl (C=O) groups excluding carboxylic acids is 1. The lowest BCUT2D eigenvalue weighted by molar-refractivity contribution is -0.137. The van der Waals surface area contributed by atoms with Crippen molar-refractivity contribution in [2.45, 2.75) is 31.1 Å². The number of rotatable bonds is 4. The number of carbonyl (C=O) groups is 1. The monoisotopic (exact) mass is 429 g/mol. The fourth-order valence-corrected chi connectivity index (χ4v) is 4.01. The Morgan fingerprint density at radius 3 is 2.43 bits per heavy atom. The molecule has 0 bridgehead atoms. The molecule has 1 aliphatic rings. The molecule has 0 radical (unpaired) electrons. The van der Waals surface area contributed by atoms with Crippen LogP contribution in [0.1, 0.15) is 34.3 Å². The molecule has 9 heteroatoms. The first-order valence-electron chi connectivity index (χ1n) is 8.46. The van der Waals surface area contributed by atoms with E-state index in [0.29, 0.717) is 25.9 Å². The Kier molecular flexibility index (Phi) is 7.10. The Labute approximate surface area is 171 Å². The first-order valence-corrected chi connectivity index (χ1v) is 9.41. The first-order chi connectivity index (χ1) is 12.8. The molecule has 3 rings (SSSR count). The zero-order chi connectivity index (χ0) is 19.5. The molecule has 1 aromatic carbocycles. The lowest BCUT2D eigenvalue weighted by Crippen LogP contribution is -2.54. The average Bonchev–Trinajstić information content (AvgIpc) is 3.15. The van der Waals surface area contributed by atoms with Gasteiger partial charge in [-0.1, -0.05) is 30.3 Å². The number of piperidine rings is 1. The molecule has 0 saturated carbocycles. The maximum absolute atomic E-state index is 13.0. The molecular weight excluding hydrogens is 411 g/mol. The Morgan fingerprint density at radius 1 is 1.21 bits per heavy atom. The molecule has 28 heavy (non-hydrogen) atoms. The van der Waals surface area contributed by atoms with Crippen molar-refractivity contribution in [3.63, 3.8) is 0 Å². The average molecular weight is 430 g/mol. The van der Waals surface area contributed by atoms with Crippen molar-refractivity contribution >= 4 is 29.7 Å². The third-order valence-corrected chi connectivity index (χ3v) is 5.48. The highest BCUT2D eigenvalue weighted by molar-refractivity contribution is 7.08. The van der Waals surface area contributed by atoms with Crippen LogP contribution in [0.25, 0.3) is 0 Å². The summed E-state index contributed by atoms with van der Waals surface area (Å²) in [5.74, 6) is -0.846. The number of nitriles is 1. The number of thiophene rings is 1. The van der Waals surface area contributed by atoms with Gasteiger partial charge in [0, 0.05) is 30.4 Å². The summed E-state index contributed by atoms with van der Waals surface area (Å²) in [4.78, 5) is 14.6. The fraction of sp³-hybridized carbons (Fsp3) is 0.368. The molecule has 1 aromatic heterocycles. The molecule has 1 aliphatic heterocycles. The van der Waals surface area contributed by atoms with Crippen LogP contribution in [0.2, 0.25) is 0 Å². The van der Waals surface area contributed by atoms with E-state index in [2.05, 4.69) is 16.3 Å². The van der Waals surface area contributed by atoms with Crippen molar-refractivity contribution in [3.8, 4) is 6.07 Å². The predicted octanol–water partition coefficient (Wildman–Crippen LogP) is 4.48. The Balaban J connectivity index is 0.00000280. The molecule has 150 valence electrons. The predicted molar refractivity (Wildman–Crippen MR) is 103 cm³/mol. The van der Waals surface area contributed by atoms with Gasteiger partial charge in [0.1, 0.15) is 5.54 Å². The van der Waals surface area contributed by atoms with Crippen molar-refractivity contribution in [2.24, 2.45) is 0 Å². The Morgan fingerprint density at radius 2 is 1.86 bits per heavy atom. The summed E-state index contributed by atoms with van der Waals surface area (Å²) in [6, 6.07) is 12.0. The van der Waals surface area contributed by atoms with Crippen LogP contribution in [-0.4, -0.2) is 29.4 Å². The number of nitrogens with one attached hydrogen (secondary N) is 1. The minimum Gasteiger partial charge on any atom is -0.334 e. The summed E-state index contributed by atoms with van der Waals surface area (Å²) in [5.41, 5.74) is -1.37. The number of halogens is 4. The molecule has 1 saturated heterocycles. The van der Waals surface area contributed by atoms with E-state index in [-0.39, 0.29) is 12.4 Å². The van der Waals surface area contributed by atoms with Crippen LogP contribution >= 0.6 is 23.7 Å². The highest BCUT2D eigenvalue weighted by Gasteiger charge is 2.40. The summed E-state index contributed by atoms with van der Waals surface area (Å²) in [6.45, 7) is 1.90. The number of benzene rings is 1. The van der Waals surface area contributed by atoms with E-state index < -0.39 is 28.7 Å². The molecule has 0 atom stereocenters. The van der Waals surface area contributed by atoms with Crippen LogP contribution in [0.3, 0.4) is 0 Å². The minimum atomic E-state index is -4.59. The van der Waals surface area contributed by atoms with E-state index in [4.69, 9.17) is 0 Å². The fourth-order valence-electron chi connectivity index (χ4n) is 3.18. The maximum atomic E-state index is 13.0. The summed E-state index contributed by atoms with van der Waals surface area (Å²) in [7, 11) is 0. The second kappa shape index (κ2) is 8.95. The summed E-state index contributed by atoms with van der Waals surface area (Å²) >= 11 is 0.820. The second-order valence-electron chi connectivity index (χ2n) is 6.61. The van der Waals surface area contributed by atoms with Crippen molar-refractivity contribution in [1.82, 2.24) is 10.2 Å². The minimum absolute atomic E-state index is 0. The van der Waals surface area contributed by atoms with Gasteiger partial charge in [-0.15, -0.1) is 12.4 Å². The maximum Gasteiger partial charge on any atom is 0.417 e. The summed E-state index contributed by atoms with van der Waals surface area (Å²) in [5, 5.41) is 14.2. The number of hydrogen-bond acceptors (Lipinski definition) is 4. The zero-order valence-electron chi connectivity index (χ0n) is 14.8. The highest BCUT2D eigenvalue weighted by Crippen LogP contribution is 2.34. The van der Waals surface area contributed by atoms with Crippen molar-refractivity contribution in [1.29, 1.82) is 5.26 Å². The normalized spacial score (nSPS) is 16.6. The molecule has 0 aliphatic carbocycles. The third kappa shape index (κ3) is 5.04. The summed E-state index contributed by atoms with van der Waals surface area (Å²) < 4.78 is 39.0. The molecule has 4 nitrogen and oxygen atoms in total. The molecule has 0 unspecified atom stereocenters. The van der Waals surface area contributed by atoms with Crippen LogP contribution < -0.4 is 5.32 Å². The molecule has 2 heterocycles. The van der Waals surface area contributed by atoms with Crippen LogP contribution in [-0.2, 0) is 12.7 Å². The number of likely N-dealkylation sites (tertiary alicyclic amines) is 1. The molecule has 1 N–H and O–H groups in total. The number of alkyl halides is 3. The van der Waals surface area contributed by atoms with Crippen LogP contribution in [0.5, 0.6) is 0 Å². The topological polar surface area (TPSA) is 56.1 Å². The summed E-state index contributed by atoms with van der Waals surface area (Å²) in [6.07, 6.45) is -3.85. The third-order valence-electron chi connectivity index (χ3n) is 4.74.